The van der Waals surface area contributed by atoms with Gasteiger partial charge < -0.3 is 10.4 Å². The summed E-state index contributed by atoms with van der Waals surface area (Å²) in [7, 11) is 0. The number of carbonyl (C=O) groups is 1. The van der Waals surface area contributed by atoms with Gasteiger partial charge in [-0.3, -0.25) is 4.79 Å². The number of aliphatic hydroxyl groups is 1. The second-order valence-electron chi connectivity index (χ2n) is 4.75. The zero-order chi connectivity index (χ0) is 13.6. The Kier molecular flexibility index (Phi) is 5.28. The Hall–Kier alpha value is -1.42. The van der Waals surface area contributed by atoms with Crippen molar-refractivity contribution in [3.05, 3.63) is 35.6 Å². The maximum absolute atomic E-state index is 12.7. The van der Waals surface area contributed by atoms with Crippen LogP contribution in [-0.4, -0.2) is 23.2 Å². The van der Waals surface area contributed by atoms with Crippen molar-refractivity contribution in [2.75, 3.05) is 6.61 Å². The quantitative estimate of drug-likeness (QED) is 0.815. The summed E-state index contributed by atoms with van der Waals surface area (Å²) in [5.41, 5.74) is 0.369. The fraction of sp³-hybridized carbons (Fsp3) is 0.500. The third-order valence-corrected chi connectivity index (χ3v) is 3.12. The number of rotatable bonds is 6. The maximum Gasteiger partial charge on any atom is 0.220 e. The van der Waals surface area contributed by atoms with Crippen molar-refractivity contribution >= 4 is 5.91 Å². The summed E-state index contributed by atoms with van der Waals surface area (Å²) >= 11 is 0. The van der Waals surface area contributed by atoms with Gasteiger partial charge in [-0.1, -0.05) is 19.1 Å². The predicted octanol–water partition coefficient (Wildman–Crippen LogP) is 2.04. The normalized spacial score (nSPS) is 14.0. The van der Waals surface area contributed by atoms with Crippen LogP contribution in [0.5, 0.6) is 0 Å². The largest absolute Gasteiger partial charge is 0.394 e. The summed E-state index contributed by atoms with van der Waals surface area (Å²) in [4.78, 5) is 11.7. The molecule has 0 radical (unpaired) electrons. The first-order chi connectivity index (χ1) is 8.49. The molecule has 0 fully saturated rings. The summed E-state index contributed by atoms with van der Waals surface area (Å²) in [6.07, 6.45) is 1.57. The number of hydrogen-bond acceptors (Lipinski definition) is 2. The van der Waals surface area contributed by atoms with Gasteiger partial charge >= 0.3 is 0 Å². The minimum Gasteiger partial charge on any atom is -0.394 e. The minimum atomic E-state index is -0.556. The van der Waals surface area contributed by atoms with E-state index in [0.29, 0.717) is 19.3 Å². The van der Waals surface area contributed by atoms with Crippen LogP contribution in [0.25, 0.3) is 0 Å². The van der Waals surface area contributed by atoms with Crippen LogP contribution in [0.15, 0.2) is 24.3 Å². The van der Waals surface area contributed by atoms with Gasteiger partial charge in [0, 0.05) is 6.42 Å². The molecule has 0 aromatic heterocycles. The molecule has 1 amide bonds. The molecular formula is C14H20FNO2. The van der Waals surface area contributed by atoms with Crippen LogP contribution in [0.2, 0.25) is 0 Å². The molecule has 1 aromatic rings. The lowest BCUT2D eigenvalue weighted by molar-refractivity contribution is -0.123. The van der Waals surface area contributed by atoms with Gasteiger partial charge in [0.25, 0.3) is 0 Å². The molecule has 0 spiro atoms. The molecule has 0 aliphatic rings. The van der Waals surface area contributed by atoms with E-state index >= 15 is 0 Å². The summed E-state index contributed by atoms with van der Waals surface area (Å²) in [5.74, 6) is -0.375. The molecule has 0 bridgehead atoms. The Balaban J connectivity index is 2.44. The molecule has 0 heterocycles. The second kappa shape index (κ2) is 6.50. The Morgan fingerprint density at radius 1 is 1.39 bits per heavy atom. The molecule has 100 valence electrons. The number of amides is 1. The molecule has 0 aliphatic heterocycles. The second-order valence-corrected chi connectivity index (χ2v) is 4.75. The number of halogens is 1. The van der Waals surface area contributed by atoms with Crippen LogP contribution in [0.1, 0.15) is 32.3 Å². The van der Waals surface area contributed by atoms with Crippen LogP contribution in [0.3, 0.4) is 0 Å². The average Bonchev–Trinajstić information content (AvgIpc) is 2.38. The lowest BCUT2D eigenvalue weighted by Gasteiger charge is -2.27. The van der Waals surface area contributed by atoms with Crippen LogP contribution in [0, 0.1) is 5.82 Å². The van der Waals surface area contributed by atoms with Gasteiger partial charge in [-0.25, -0.2) is 4.39 Å². The Morgan fingerprint density at radius 3 is 2.50 bits per heavy atom. The van der Waals surface area contributed by atoms with E-state index in [4.69, 9.17) is 0 Å². The van der Waals surface area contributed by atoms with Gasteiger partial charge in [-0.2, -0.15) is 0 Å². The van der Waals surface area contributed by atoms with E-state index in [9.17, 15) is 14.3 Å². The molecule has 4 heteroatoms. The van der Waals surface area contributed by atoms with Gasteiger partial charge in [0.1, 0.15) is 5.82 Å². The van der Waals surface area contributed by atoms with Crippen LogP contribution in [-0.2, 0) is 11.2 Å². The monoisotopic (exact) mass is 253 g/mol. The van der Waals surface area contributed by atoms with Crippen LogP contribution in [0.4, 0.5) is 4.39 Å². The first-order valence-electron chi connectivity index (χ1n) is 6.15. The van der Waals surface area contributed by atoms with Crippen molar-refractivity contribution in [3.63, 3.8) is 0 Å². The van der Waals surface area contributed by atoms with Crippen LogP contribution < -0.4 is 5.32 Å². The number of aryl methyl sites for hydroxylation is 1. The van der Waals surface area contributed by atoms with E-state index < -0.39 is 5.54 Å². The molecule has 2 N–H and O–H groups in total. The van der Waals surface area contributed by atoms with E-state index in [1.165, 1.54) is 12.1 Å². The molecule has 1 aromatic carbocycles. The van der Waals surface area contributed by atoms with Crippen molar-refractivity contribution in [2.45, 2.75) is 38.6 Å². The third-order valence-electron chi connectivity index (χ3n) is 3.12. The Labute approximate surface area is 107 Å². The zero-order valence-corrected chi connectivity index (χ0v) is 10.9. The van der Waals surface area contributed by atoms with Crippen molar-refractivity contribution in [1.29, 1.82) is 0 Å². The van der Waals surface area contributed by atoms with E-state index in [0.717, 1.165) is 5.56 Å². The molecule has 0 saturated heterocycles. The highest BCUT2D eigenvalue weighted by atomic mass is 19.1. The van der Waals surface area contributed by atoms with E-state index in [1.807, 2.05) is 13.8 Å². The highest BCUT2D eigenvalue weighted by Crippen LogP contribution is 2.09. The fourth-order valence-electron chi connectivity index (χ4n) is 1.55. The van der Waals surface area contributed by atoms with E-state index in [2.05, 4.69) is 5.32 Å². The van der Waals surface area contributed by atoms with Gasteiger partial charge in [-0.15, -0.1) is 0 Å². The smallest absolute Gasteiger partial charge is 0.220 e. The molecule has 0 aliphatic carbocycles. The maximum atomic E-state index is 12.7. The summed E-state index contributed by atoms with van der Waals surface area (Å²) in [6, 6.07) is 6.12. The van der Waals surface area contributed by atoms with Gasteiger partial charge in [0.2, 0.25) is 5.91 Å². The highest BCUT2D eigenvalue weighted by Gasteiger charge is 2.22. The number of benzene rings is 1. The summed E-state index contributed by atoms with van der Waals surface area (Å²) < 4.78 is 12.7. The number of hydrogen-bond donors (Lipinski definition) is 2. The van der Waals surface area contributed by atoms with Gasteiger partial charge in [0.05, 0.1) is 12.1 Å². The molecule has 1 atom stereocenters. The summed E-state index contributed by atoms with van der Waals surface area (Å²) in [5, 5.41) is 12.0. The molecular weight excluding hydrogens is 233 g/mol. The van der Waals surface area contributed by atoms with Gasteiger partial charge in [0.15, 0.2) is 0 Å². The third kappa shape index (κ3) is 4.45. The van der Waals surface area contributed by atoms with Crippen LogP contribution >= 0.6 is 0 Å². The first-order valence-corrected chi connectivity index (χ1v) is 6.15. The molecule has 18 heavy (non-hydrogen) atoms. The number of aliphatic hydroxyl groups excluding tert-OH is 1. The van der Waals surface area contributed by atoms with E-state index in [-0.39, 0.29) is 18.3 Å². The molecule has 1 unspecified atom stereocenters. The molecule has 3 nitrogen and oxygen atoms in total. The lowest BCUT2D eigenvalue weighted by atomic mass is 9.99. The molecule has 0 saturated carbocycles. The Bertz CT molecular complexity index is 385. The number of nitrogens with one attached hydrogen (secondary N) is 1. The van der Waals surface area contributed by atoms with E-state index in [1.54, 1.807) is 12.1 Å². The van der Waals surface area contributed by atoms with Crippen molar-refractivity contribution < 1.29 is 14.3 Å². The zero-order valence-electron chi connectivity index (χ0n) is 10.9. The average molecular weight is 253 g/mol. The number of carbonyl (C=O) groups excluding carboxylic acids is 1. The predicted molar refractivity (Wildman–Crippen MR) is 68.6 cm³/mol. The van der Waals surface area contributed by atoms with Gasteiger partial charge in [-0.05, 0) is 37.5 Å². The standard InChI is InChI=1S/C14H20FNO2/c1-3-14(2,10-17)16-13(18)9-6-11-4-7-12(15)8-5-11/h4-5,7-8,17H,3,6,9-10H2,1-2H3,(H,16,18). The first kappa shape index (κ1) is 14.6. The van der Waals surface area contributed by atoms with Crippen molar-refractivity contribution in [1.82, 2.24) is 5.32 Å². The highest BCUT2D eigenvalue weighted by molar-refractivity contribution is 5.77. The fourth-order valence-corrected chi connectivity index (χ4v) is 1.55. The lowest BCUT2D eigenvalue weighted by Crippen LogP contribution is -2.48. The minimum absolute atomic E-state index is 0.0776. The Morgan fingerprint density at radius 2 is 2.00 bits per heavy atom. The summed E-state index contributed by atoms with van der Waals surface area (Å²) in [6.45, 7) is 3.64. The SMILES string of the molecule is CCC(C)(CO)NC(=O)CCc1ccc(F)cc1. The van der Waals surface area contributed by atoms with Crippen molar-refractivity contribution in [3.8, 4) is 0 Å². The molecule has 1 rings (SSSR count). The topological polar surface area (TPSA) is 49.3 Å². The van der Waals surface area contributed by atoms with Crippen molar-refractivity contribution in [2.24, 2.45) is 0 Å².